The van der Waals surface area contributed by atoms with Crippen LogP contribution in [0.25, 0.3) is 6.08 Å². The smallest absolute Gasteiger partial charge is 0.198 e. The topological polar surface area (TPSA) is 77.8 Å². The molecule has 0 fully saturated rings. The van der Waals surface area contributed by atoms with Crippen LogP contribution in [-0.2, 0) is 4.79 Å². The van der Waals surface area contributed by atoms with Gasteiger partial charge in [0, 0.05) is 11.1 Å². The first kappa shape index (κ1) is 32.1. The summed E-state index contributed by atoms with van der Waals surface area (Å²) in [7, 11) is -3.56. The van der Waals surface area contributed by atoms with Gasteiger partial charge in [-0.1, -0.05) is 81.2 Å². The van der Waals surface area contributed by atoms with Gasteiger partial charge in [0.15, 0.2) is 5.78 Å². The molecule has 0 spiro atoms. The fourth-order valence-corrected chi connectivity index (χ4v) is 4.94. The average molecular weight is 591 g/mol. The fraction of sp³-hybridized carbons (Fsp3) is 0.278. The van der Waals surface area contributed by atoms with Crippen LogP contribution in [0.3, 0.4) is 0 Å². The second-order valence-electron chi connectivity index (χ2n) is 12.5. The number of phenolic OH excluding ortho intramolecular Hbond substituents is 2. The van der Waals surface area contributed by atoms with Crippen LogP contribution in [-0.4, -0.2) is 37.3 Å². The van der Waals surface area contributed by atoms with E-state index in [4.69, 9.17) is 0 Å². The van der Waals surface area contributed by atoms with Gasteiger partial charge in [0.25, 0.3) is 0 Å². The quantitative estimate of drug-likeness (QED) is 0.106. The third-order valence-electron chi connectivity index (χ3n) is 6.75. The van der Waals surface area contributed by atoms with E-state index in [-0.39, 0.29) is 39.8 Å². The van der Waals surface area contributed by atoms with E-state index in [1.54, 1.807) is 33.8 Å². The molecule has 0 amide bonds. The molecule has 0 atom stereocenters. The third kappa shape index (κ3) is 7.27. The van der Waals surface area contributed by atoms with Crippen molar-refractivity contribution < 1.29 is 20.1 Å². The first-order valence-corrected chi connectivity index (χ1v) is 20.8. The van der Waals surface area contributed by atoms with Crippen molar-refractivity contribution in [2.24, 2.45) is 0 Å². The highest BCUT2D eigenvalue weighted by atomic mass is 28.3. The lowest BCUT2D eigenvalue weighted by Gasteiger charge is -2.17. The number of ketones is 1. The third-order valence-corrected chi connectivity index (χ3v) is 8.50. The summed E-state index contributed by atoms with van der Waals surface area (Å²) in [4.78, 5) is 13.3. The van der Waals surface area contributed by atoms with E-state index in [2.05, 4.69) is 79.8 Å². The highest BCUT2D eigenvalue weighted by molar-refractivity contribution is 6.84. The molecular formula is C36H38O4Si2. The summed E-state index contributed by atoms with van der Waals surface area (Å²) in [6.07, 6.45) is 1.66. The summed E-state index contributed by atoms with van der Waals surface area (Å²) in [6.45, 7) is 19.5. The molecule has 3 rings (SSSR count). The lowest BCUT2D eigenvalue weighted by Crippen LogP contribution is -2.18. The normalized spacial score (nSPS) is 13.4. The predicted octanol–water partition coefficient (Wildman–Crippen LogP) is 7.49. The minimum absolute atomic E-state index is 0.00110. The van der Waals surface area contributed by atoms with Crippen molar-refractivity contribution in [2.45, 2.75) is 67.0 Å². The summed E-state index contributed by atoms with van der Waals surface area (Å²) in [6, 6.07) is 7.37. The molecule has 3 N–H and O–H groups in total. The van der Waals surface area contributed by atoms with Crippen molar-refractivity contribution in [1.29, 1.82) is 0 Å². The number of benzene rings is 2. The maximum absolute atomic E-state index is 13.3. The Balaban J connectivity index is 2.24. The first-order valence-electron chi connectivity index (χ1n) is 13.8. The van der Waals surface area contributed by atoms with E-state index in [1.807, 2.05) is 24.3 Å². The zero-order chi connectivity index (χ0) is 31.6. The van der Waals surface area contributed by atoms with Crippen LogP contribution in [0.2, 0.25) is 39.3 Å². The number of aliphatic hydroxyl groups excluding tert-OH is 1. The van der Waals surface area contributed by atoms with Crippen molar-refractivity contribution in [3.63, 3.8) is 0 Å². The maximum Gasteiger partial charge on any atom is 0.198 e. The molecule has 0 saturated heterocycles. The zero-order valence-corrected chi connectivity index (χ0v) is 28.1. The number of carbonyl (C=O) groups excluding carboxylic acids is 1. The zero-order valence-electron chi connectivity index (χ0n) is 26.1. The molecule has 6 heteroatoms. The van der Waals surface area contributed by atoms with Gasteiger partial charge in [0.05, 0.1) is 22.3 Å². The van der Waals surface area contributed by atoms with Crippen LogP contribution in [0.4, 0.5) is 0 Å². The minimum Gasteiger partial charge on any atom is -0.506 e. The van der Waals surface area contributed by atoms with E-state index in [9.17, 15) is 20.1 Å². The number of hydrogen-bond donors (Lipinski definition) is 3. The number of hydrogen-bond acceptors (Lipinski definition) is 4. The number of aromatic hydroxyl groups is 2. The maximum atomic E-state index is 13.3. The lowest BCUT2D eigenvalue weighted by molar-refractivity contribution is -0.112. The Morgan fingerprint density at radius 3 is 1.79 bits per heavy atom. The van der Waals surface area contributed by atoms with Crippen LogP contribution in [0.15, 0.2) is 58.0 Å². The molecule has 0 heterocycles. The summed E-state index contributed by atoms with van der Waals surface area (Å²) >= 11 is 0. The molecule has 0 unspecified atom stereocenters. The van der Waals surface area contributed by atoms with Crippen LogP contribution in [0, 0.1) is 48.6 Å². The summed E-state index contributed by atoms with van der Waals surface area (Å²) < 4.78 is 0. The van der Waals surface area contributed by atoms with E-state index in [0.29, 0.717) is 39.0 Å². The van der Waals surface area contributed by atoms with Crippen molar-refractivity contribution in [3.8, 4) is 46.3 Å². The standard InChI is InChI=1S/C36H38O4Si2/c1-23-25(3)35(39)31(19-21-41(5,6)7)29(33(23)37)17-15-27-13-11-12-14-28(27)16-18-30-32(20-22-42(8,9)10)36(40)26(4)24(2)34(30)38/h11-15,38-40H,1-10H3. The Hall–Kier alpha value is -4.38. The largest absolute Gasteiger partial charge is 0.506 e. The Labute approximate surface area is 252 Å². The SMILES string of the molecule is CC1=C(C)C(O)=C(C#C[Si](C)(C)C)C(=C=Cc2ccccc2C#Cc2c(O)c(C)c(C)c(O)c2C#C[Si](C)(C)C)C1=O. The second-order valence-corrected chi connectivity index (χ2v) is 22.0. The first-order chi connectivity index (χ1) is 19.4. The van der Waals surface area contributed by atoms with Crippen molar-refractivity contribution in [2.75, 3.05) is 0 Å². The molecule has 214 valence electrons. The second kappa shape index (κ2) is 12.2. The van der Waals surface area contributed by atoms with Crippen molar-refractivity contribution in [3.05, 3.63) is 91.4 Å². The van der Waals surface area contributed by atoms with Gasteiger partial charge in [-0.15, -0.1) is 16.8 Å². The van der Waals surface area contributed by atoms with E-state index in [1.165, 1.54) is 0 Å². The molecular weight excluding hydrogens is 553 g/mol. The summed E-state index contributed by atoms with van der Waals surface area (Å²) in [5.41, 5.74) is 14.1. The molecule has 0 aliphatic heterocycles. The minimum atomic E-state index is -1.79. The molecule has 0 bridgehead atoms. The van der Waals surface area contributed by atoms with Gasteiger partial charge >= 0.3 is 0 Å². The van der Waals surface area contributed by atoms with Gasteiger partial charge in [-0.25, -0.2) is 0 Å². The molecule has 2 aromatic rings. The van der Waals surface area contributed by atoms with Crippen LogP contribution >= 0.6 is 0 Å². The van der Waals surface area contributed by atoms with Gasteiger partial charge in [-0.2, -0.15) is 0 Å². The molecule has 2 aromatic carbocycles. The number of rotatable bonds is 1. The van der Waals surface area contributed by atoms with Crippen molar-refractivity contribution >= 4 is 28.0 Å². The molecule has 0 saturated carbocycles. The van der Waals surface area contributed by atoms with Crippen molar-refractivity contribution in [1.82, 2.24) is 0 Å². The van der Waals surface area contributed by atoms with Gasteiger partial charge in [0.2, 0.25) is 0 Å². The Morgan fingerprint density at radius 2 is 1.21 bits per heavy atom. The molecule has 0 aromatic heterocycles. The van der Waals surface area contributed by atoms with E-state index >= 15 is 0 Å². The highest BCUT2D eigenvalue weighted by Gasteiger charge is 2.27. The molecule has 1 aliphatic carbocycles. The lowest BCUT2D eigenvalue weighted by atomic mass is 9.87. The van der Waals surface area contributed by atoms with Gasteiger partial charge in [-0.05, 0) is 62.1 Å². The molecule has 0 radical (unpaired) electrons. The van der Waals surface area contributed by atoms with E-state index in [0.717, 1.165) is 0 Å². The Morgan fingerprint density at radius 1 is 0.690 bits per heavy atom. The fourth-order valence-electron chi connectivity index (χ4n) is 3.94. The Bertz CT molecular complexity index is 1810. The number of Topliss-reactive ketones (excluding diaryl/α,β-unsaturated/α-hetero) is 1. The average Bonchev–Trinajstić information content (AvgIpc) is 2.91. The molecule has 42 heavy (non-hydrogen) atoms. The van der Waals surface area contributed by atoms with Gasteiger partial charge < -0.3 is 15.3 Å². The number of phenols is 2. The van der Waals surface area contributed by atoms with Crippen LogP contribution in [0.1, 0.15) is 47.2 Å². The molecule has 4 nitrogen and oxygen atoms in total. The highest BCUT2D eigenvalue weighted by Crippen LogP contribution is 2.36. The number of aliphatic hydroxyl groups is 1. The summed E-state index contributed by atoms with van der Waals surface area (Å²) in [5, 5.41) is 32.8. The van der Waals surface area contributed by atoms with E-state index < -0.39 is 16.1 Å². The van der Waals surface area contributed by atoms with Crippen LogP contribution in [0.5, 0.6) is 11.5 Å². The van der Waals surface area contributed by atoms with Gasteiger partial charge in [0.1, 0.15) is 33.4 Å². The Kier molecular flexibility index (Phi) is 9.37. The molecule has 1 aliphatic rings. The number of allylic oxidation sites excluding steroid dienone is 4. The number of carbonyl (C=O) groups is 1. The van der Waals surface area contributed by atoms with Crippen LogP contribution < -0.4 is 0 Å². The summed E-state index contributed by atoms with van der Waals surface area (Å²) in [5.74, 6) is 12.1. The predicted molar refractivity (Wildman–Crippen MR) is 178 cm³/mol. The van der Waals surface area contributed by atoms with Gasteiger partial charge in [-0.3, -0.25) is 4.79 Å². The monoisotopic (exact) mass is 590 g/mol.